The molecule has 1 aliphatic rings. The molecular formula is C18H23N3O4S. The highest BCUT2D eigenvalue weighted by atomic mass is 32.2. The van der Waals surface area contributed by atoms with Crippen LogP contribution in [0, 0.1) is 0 Å². The number of benzene rings is 1. The van der Waals surface area contributed by atoms with E-state index < -0.39 is 22.0 Å². The molecule has 0 amide bonds. The van der Waals surface area contributed by atoms with E-state index in [0.717, 1.165) is 24.4 Å². The summed E-state index contributed by atoms with van der Waals surface area (Å²) < 4.78 is 34.2. The van der Waals surface area contributed by atoms with E-state index in [1.807, 2.05) is 10.6 Å². The number of fused-ring (bicyclic) bond motifs is 1. The van der Waals surface area contributed by atoms with Crippen LogP contribution >= 0.6 is 0 Å². The molecule has 0 N–H and O–H groups in total. The number of esters is 1. The molecule has 7 nitrogen and oxygen atoms in total. The third-order valence-corrected chi connectivity index (χ3v) is 6.36. The maximum absolute atomic E-state index is 13.1. The monoisotopic (exact) mass is 377 g/mol. The largest absolute Gasteiger partial charge is 0.468 e. The zero-order chi connectivity index (χ0) is 18.7. The number of hydrogen-bond donors (Lipinski definition) is 0. The molecular weight excluding hydrogens is 354 g/mol. The van der Waals surface area contributed by atoms with E-state index >= 15 is 0 Å². The molecule has 2 aromatic rings. The number of ether oxygens (including phenoxy) is 1. The van der Waals surface area contributed by atoms with Crippen LogP contribution in [-0.2, 0) is 44.8 Å². The molecule has 8 heteroatoms. The van der Waals surface area contributed by atoms with E-state index in [-0.39, 0.29) is 18.7 Å². The van der Waals surface area contributed by atoms with Crippen molar-refractivity contribution in [3.8, 4) is 0 Å². The molecule has 0 aliphatic carbocycles. The lowest BCUT2D eigenvalue weighted by Gasteiger charge is -2.33. The van der Waals surface area contributed by atoms with Gasteiger partial charge in [-0.2, -0.15) is 4.31 Å². The summed E-state index contributed by atoms with van der Waals surface area (Å²) in [4.78, 5) is 16.6. The summed E-state index contributed by atoms with van der Waals surface area (Å²) in [5, 5.41) is 0. The van der Waals surface area contributed by atoms with Gasteiger partial charge >= 0.3 is 5.97 Å². The van der Waals surface area contributed by atoms with Crippen molar-refractivity contribution in [2.45, 2.75) is 44.6 Å². The van der Waals surface area contributed by atoms with Crippen molar-refractivity contribution in [1.82, 2.24) is 13.9 Å². The summed E-state index contributed by atoms with van der Waals surface area (Å²) in [7, 11) is -2.43. The number of aromatic nitrogens is 2. The van der Waals surface area contributed by atoms with Gasteiger partial charge in [0.2, 0.25) is 10.0 Å². The van der Waals surface area contributed by atoms with Gasteiger partial charge in [0, 0.05) is 13.0 Å². The maximum Gasteiger partial charge on any atom is 0.324 e. The molecule has 0 bridgehead atoms. The van der Waals surface area contributed by atoms with Gasteiger partial charge in [-0.15, -0.1) is 0 Å². The number of carbonyl (C=O) groups excluding carboxylic acids is 1. The lowest BCUT2D eigenvalue weighted by molar-refractivity contribution is -0.145. The highest BCUT2D eigenvalue weighted by molar-refractivity contribution is 7.88. The number of imidazole rings is 1. The van der Waals surface area contributed by atoms with Crippen LogP contribution in [0.15, 0.2) is 36.7 Å². The van der Waals surface area contributed by atoms with Crippen LogP contribution in [0.2, 0.25) is 0 Å². The highest BCUT2D eigenvalue weighted by Gasteiger charge is 2.41. The number of rotatable bonds is 6. The predicted molar refractivity (Wildman–Crippen MR) is 96.6 cm³/mol. The molecule has 3 rings (SSSR count). The number of sulfonamides is 1. The zero-order valence-corrected chi connectivity index (χ0v) is 15.8. The number of methoxy groups -OCH3 is 1. The zero-order valence-electron chi connectivity index (χ0n) is 15.0. The summed E-state index contributed by atoms with van der Waals surface area (Å²) >= 11 is 0. The summed E-state index contributed by atoms with van der Waals surface area (Å²) in [6, 6.07) is 8.08. The van der Waals surface area contributed by atoms with Crippen molar-refractivity contribution < 1.29 is 17.9 Å². The van der Waals surface area contributed by atoms with Crippen molar-refractivity contribution in [2.75, 3.05) is 7.11 Å². The van der Waals surface area contributed by atoms with E-state index in [9.17, 15) is 13.2 Å². The minimum absolute atomic E-state index is 0.129. The second-order valence-corrected chi connectivity index (χ2v) is 8.28. The molecule has 1 aliphatic heterocycles. The molecule has 1 unspecified atom stereocenters. The minimum atomic E-state index is -3.70. The van der Waals surface area contributed by atoms with Gasteiger partial charge in [-0.1, -0.05) is 37.3 Å². The van der Waals surface area contributed by atoms with E-state index in [1.54, 1.807) is 30.6 Å². The molecule has 0 fully saturated rings. The Hall–Kier alpha value is -2.19. The van der Waals surface area contributed by atoms with Crippen molar-refractivity contribution in [3.05, 3.63) is 53.6 Å². The summed E-state index contributed by atoms with van der Waals surface area (Å²) in [5.41, 5.74) is 2.30. The van der Waals surface area contributed by atoms with Gasteiger partial charge in [-0.3, -0.25) is 4.79 Å². The second kappa shape index (κ2) is 7.59. The first-order valence-corrected chi connectivity index (χ1v) is 10.2. The van der Waals surface area contributed by atoms with Gasteiger partial charge in [0.1, 0.15) is 6.04 Å². The topological polar surface area (TPSA) is 81.5 Å². The van der Waals surface area contributed by atoms with Crippen LogP contribution in [0.1, 0.15) is 30.3 Å². The van der Waals surface area contributed by atoms with E-state index in [2.05, 4.69) is 11.9 Å². The molecule has 0 spiro atoms. The average Bonchev–Trinajstić information content (AvgIpc) is 3.03. The van der Waals surface area contributed by atoms with Crippen LogP contribution in [0.25, 0.3) is 0 Å². The van der Waals surface area contributed by atoms with Crippen LogP contribution in [0.5, 0.6) is 0 Å². The van der Waals surface area contributed by atoms with E-state index in [4.69, 9.17) is 4.74 Å². The quantitative estimate of drug-likeness (QED) is 0.716. The molecule has 0 radical (unpaired) electrons. The lowest BCUT2D eigenvalue weighted by atomic mass is 10.1. The Morgan fingerprint density at radius 3 is 2.69 bits per heavy atom. The fourth-order valence-corrected chi connectivity index (χ4v) is 4.92. The smallest absolute Gasteiger partial charge is 0.324 e. The lowest BCUT2D eigenvalue weighted by Crippen LogP contribution is -2.49. The third kappa shape index (κ3) is 3.66. The van der Waals surface area contributed by atoms with Crippen molar-refractivity contribution in [3.63, 3.8) is 0 Å². The number of aryl methyl sites for hydroxylation is 1. The molecule has 26 heavy (non-hydrogen) atoms. The molecule has 0 saturated heterocycles. The van der Waals surface area contributed by atoms with Gasteiger partial charge in [-0.05, 0) is 12.0 Å². The Kier molecular flexibility index (Phi) is 5.43. The minimum Gasteiger partial charge on any atom is -0.468 e. The summed E-state index contributed by atoms with van der Waals surface area (Å²) in [5.74, 6) is -0.712. The first kappa shape index (κ1) is 18.6. The third-order valence-electron chi connectivity index (χ3n) is 4.56. The standard InChI is InChI=1S/C18H23N3O4S/c1-3-9-20-13-19-15-10-16(18(22)25-2)21(11-17(15)20)26(23,24)12-14-7-5-4-6-8-14/h4-8,13,16H,3,9-12H2,1-2H3. The van der Waals surface area contributed by atoms with Crippen molar-refractivity contribution in [2.24, 2.45) is 0 Å². The van der Waals surface area contributed by atoms with Crippen LogP contribution < -0.4 is 0 Å². The number of nitrogens with zero attached hydrogens (tertiary/aromatic N) is 3. The highest BCUT2D eigenvalue weighted by Crippen LogP contribution is 2.27. The average molecular weight is 377 g/mol. The van der Waals surface area contributed by atoms with Gasteiger partial charge in [-0.25, -0.2) is 13.4 Å². The van der Waals surface area contributed by atoms with Crippen LogP contribution in [0.4, 0.5) is 0 Å². The molecule has 0 saturated carbocycles. The number of carbonyl (C=O) groups is 1. The fourth-order valence-electron chi connectivity index (χ4n) is 3.28. The van der Waals surface area contributed by atoms with Crippen LogP contribution in [-0.4, -0.2) is 41.4 Å². The Labute approximate surface area is 153 Å². The number of hydrogen-bond acceptors (Lipinski definition) is 5. The normalized spacial score (nSPS) is 17.7. The predicted octanol–water partition coefficient (Wildman–Crippen LogP) is 1.72. The van der Waals surface area contributed by atoms with Crippen molar-refractivity contribution >= 4 is 16.0 Å². The summed E-state index contributed by atoms with van der Waals surface area (Å²) in [6.45, 7) is 2.94. The van der Waals surface area contributed by atoms with Gasteiger partial charge < -0.3 is 9.30 Å². The maximum atomic E-state index is 13.1. The van der Waals surface area contributed by atoms with E-state index in [1.165, 1.54) is 11.4 Å². The van der Waals surface area contributed by atoms with Gasteiger partial charge in [0.25, 0.3) is 0 Å². The Morgan fingerprint density at radius 2 is 2.04 bits per heavy atom. The molecule has 1 atom stereocenters. The molecule has 1 aromatic heterocycles. The fraction of sp³-hybridized carbons (Fsp3) is 0.444. The Bertz CT molecular complexity index is 877. The van der Waals surface area contributed by atoms with Gasteiger partial charge in [0.15, 0.2) is 0 Å². The Balaban J connectivity index is 1.95. The van der Waals surface area contributed by atoms with Crippen molar-refractivity contribution in [1.29, 1.82) is 0 Å². The Morgan fingerprint density at radius 1 is 1.31 bits per heavy atom. The van der Waals surface area contributed by atoms with Crippen LogP contribution in [0.3, 0.4) is 0 Å². The summed E-state index contributed by atoms with van der Waals surface area (Å²) in [6.07, 6.45) is 2.86. The second-order valence-electron chi connectivity index (χ2n) is 6.36. The molecule has 2 heterocycles. The molecule has 1 aromatic carbocycles. The van der Waals surface area contributed by atoms with E-state index in [0.29, 0.717) is 5.56 Å². The molecule has 140 valence electrons. The first-order chi connectivity index (χ1) is 12.5. The first-order valence-electron chi connectivity index (χ1n) is 8.60. The SMILES string of the molecule is CCCn1cnc2c1CN(S(=O)(=O)Cc1ccccc1)C(C(=O)OC)C2. The van der Waals surface area contributed by atoms with Gasteiger partial charge in [0.05, 0.1) is 37.1 Å².